The summed E-state index contributed by atoms with van der Waals surface area (Å²) in [4.78, 5) is 12.1. The zero-order chi connectivity index (χ0) is 22.4. The van der Waals surface area contributed by atoms with Crippen molar-refractivity contribution in [3.05, 3.63) is 30.0 Å². The fourth-order valence-corrected chi connectivity index (χ4v) is 3.53. The van der Waals surface area contributed by atoms with Gasteiger partial charge in [-0.15, -0.1) is 0 Å². The zero-order valence-electron chi connectivity index (χ0n) is 17.8. The van der Waals surface area contributed by atoms with Crippen molar-refractivity contribution < 1.29 is 22.6 Å². The van der Waals surface area contributed by atoms with Gasteiger partial charge < -0.3 is 25.0 Å². The second kappa shape index (κ2) is 10.0. The van der Waals surface area contributed by atoms with E-state index in [9.17, 15) is 13.2 Å². The lowest BCUT2D eigenvalue weighted by atomic mass is 10.2. The zero-order valence-corrected chi connectivity index (χ0v) is 17.8. The number of rotatable bonds is 9. The molecule has 0 aliphatic carbocycles. The molecule has 0 atom stereocenters. The van der Waals surface area contributed by atoms with Gasteiger partial charge in [0.05, 0.1) is 25.8 Å². The Morgan fingerprint density at radius 1 is 1.13 bits per heavy atom. The molecule has 2 N–H and O–H groups in total. The Hall–Kier alpha value is -2.75. The van der Waals surface area contributed by atoms with E-state index in [0.29, 0.717) is 23.8 Å². The summed E-state index contributed by atoms with van der Waals surface area (Å²) in [5.41, 5.74) is 6.16. The third-order valence-corrected chi connectivity index (χ3v) is 5.08. The second-order valence-corrected chi connectivity index (χ2v) is 7.52. The van der Waals surface area contributed by atoms with Crippen LogP contribution in [0.3, 0.4) is 0 Å². The Bertz CT molecular complexity index is 873. The maximum atomic E-state index is 12.8. The molecule has 10 heteroatoms. The fourth-order valence-electron chi connectivity index (χ4n) is 3.53. The van der Waals surface area contributed by atoms with E-state index in [-0.39, 0.29) is 17.5 Å². The predicted molar refractivity (Wildman–Crippen MR) is 113 cm³/mol. The average molecular weight is 439 g/mol. The van der Waals surface area contributed by atoms with Crippen LogP contribution in [-0.4, -0.2) is 61.4 Å². The lowest BCUT2D eigenvalue weighted by molar-refractivity contribution is -0.127. The molecule has 0 bridgehead atoms. The van der Waals surface area contributed by atoms with E-state index in [2.05, 4.69) is 14.9 Å². The molecule has 2 aromatic rings. The summed E-state index contributed by atoms with van der Waals surface area (Å²) in [6.07, 6.45) is -2.16. The standard InChI is InChI=1S/C21H28F3N5O2/c1-28(20-26-15(12-19(25)27-20)14-21(22,23)24)16-6-7-17(30-2)18(13-16)31-11-5-10-29-8-3-4-9-29/h6-7,12-13H,3-5,8-11,14H2,1-2H3,(H2,25,26,27). The summed E-state index contributed by atoms with van der Waals surface area (Å²) < 4.78 is 49.6. The van der Waals surface area contributed by atoms with E-state index >= 15 is 0 Å². The summed E-state index contributed by atoms with van der Waals surface area (Å²) in [5, 5.41) is 0. The number of likely N-dealkylation sites (tertiary alicyclic amines) is 1. The van der Waals surface area contributed by atoms with E-state index in [4.69, 9.17) is 15.2 Å². The van der Waals surface area contributed by atoms with Crippen molar-refractivity contribution >= 4 is 17.5 Å². The number of nitrogen functional groups attached to an aromatic ring is 1. The lowest BCUT2D eigenvalue weighted by Gasteiger charge is -2.21. The van der Waals surface area contributed by atoms with E-state index in [1.807, 2.05) is 0 Å². The van der Waals surface area contributed by atoms with Crippen molar-refractivity contribution in [3.63, 3.8) is 0 Å². The molecular formula is C21H28F3N5O2. The van der Waals surface area contributed by atoms with Crippen LogP contribution in [0, 0.1) is 0 Å². The molecule has 1 aromatic heterocycles. The summed E-state index contributed by atoms with van der Waals surface area (Å²) in [5.74, 6) is 1.17. The third kappa shape index (κ3) is 6.61. The van der Waals surface area contributed by atoms with Gasteiger partial charge in [0.2, 0.25) is 5.95 Å². The van der Waals surface area contributed by atoms with Crippen LogP contribution in [0.4, 0.5) is 30.6 Å². The van der Waals surface area contributed by atoms with Gasteiger partial charge in [-0.2, -0.15) is 18.2 Å². The summed E-state index contributed by atoms with van der Waals surface area (Å²) in [6.45, 7) is 3.80. The summed E-state index contributed by atoms with van der Waals surface area (Å²) in [6, 6.07) is 6.38. The molecule has 1 fully saturated rings. The van der Waals surface area contributed by atoms with Crippen LogP contribution >= 0.6 is 0 Å². The molecule has 7 nitrogen and oxygen atoms in total. The van der Waals surface area contributed by atoms with E-state index < -0.39 is 12.6 Å². The number of nitrogens with zero attached hydrogens (tertiary/aromatic N) is 4. The van der Waals surface area contributed by atoms with Gasteiger partial charge in [0.25, 0.3) is 0 Å². The highest BCUT2D eigenvalue weighted by atomic mass is 19.4. The lowest BCUT2D eigenvalue weighted by Crippen LogP contribution is -2.22. The van der Waals surface area contributed by atoms with Crippen LogP contribution in [-0.2, 0) is 6.42 Å². The number of alkyl halides is 3. The minimum atomic E-state index is -4.38. The minimum Gasteiger partial charge on any atom is -0.493 e. The van der Waals surface area contributed by atoms with Crippen LogP contribution in [0.2, 0.25) is 0 Å². The van der Waals surface area contributed by atoms with Gasteiger partial charge in [0.15, 0.2) is 11.5 Å². The molecule has 0 radical (unpaired) electrons. The van der Waals surface area contributed by atoms with Crippen molar-refractivity contribution in [1.29, 1.82) is 0 Å². The molecule has 0 spiro atoms. The first-order chi connectivity index (χ1) is 14.7. The quantitative estimate of drug-likeness (QED) is 0.596. The van der Waals surface area contributed by atoms with Crippen molar-refractivity contribution in [2.24, 2.45) is 0 Å². The number of benzene rings is 1. The highest BCUT2D eigenvalue weighted by molar-refractivity contribution is 5.62. The number of methoxy groups -OCH3 is 1. The van der Waals surface area contributed by atoms with E-state index in [0.717, 1.165) is 32.1 Å². The minimum absolute atomic E-state index is 0.0250. The monoisotopic (exact) mass is 439 g/mol. The number of hydrogen-bond donors (Lipinski definition) is 1. The van der Waals surface area contributed by atoms with Crippen molar-refractivity contribution in [1.82, 2.24) is 14.9 Å². The van der Waals surface area contributed by atoms with Gasteiger partial charge in [-0.05, 0) is 44.5 Å². The van der Waals surface area contributed by atoms with Crippen LogP contribution in [0.1, 0.15) is 25.0 Å². The summed E-state index contributed by atoms with van der Waals surface area (Å²) in [7, 11) is 3.21. The molecule has 0 unspecified atom stereocenters. The average Bonchev–Trinajstić information content (AvgIpc) is 3.22. The number of anilines is 3. The molecule has 2 heterocycles. The Morgan fingerprint density at radius 2 is 1.87 bits per heavy atom. The molecule has 0 saturated carbocycles. The van der Waals surface area contributed by atoms with Gasteiger partial charge in [-0.25, -0.2) is 4.98 Å². The Labute approximate surface area is 180 Å². The second-order valence-electron chi connectivity index (χ2n) is 7.52. The molecule has 1 saturated heterocycles. The van der Waals surface area contributed by atoms with Gasteiger partial charge in [0, 0.05) is 31.4 Å². The Morgan fingerprint density at radius 3 is 2.55 bits per heavy atom. The maximum absolute atomic E-state index is 12.8. The SMILES string of the molecule is COc1ccc(N(C)c2nc(N)cc(CC(F)(F)F)n2)cc1OCCCN1CCCC1. The maximum Gasteiger partial charge on any atom is 0.394 e. The number of nitrogens with two attached hydrogens (primary N) is 1. The first-order valence-corrected chi connectivity index (χ1v) is 10.2. The van der Waals surface area contributed by atoms with Crippen molar-refractivity contribution in [2.75, 3.05) is 51.0 Å². The third-order valence-electron chi connectivity index (χ3n) is 5.08. The van der Waals surface area contributed by atoms with E-state index in [1.165, 1.54) is 12.8 Å². The smallest absolute Gasteiger partial charge is 0.394 e. The number of halogens is 3. The largest absolute Gasteiger partial charge is 0.493 e. The van der Waals surface area contributed by atoms with Gasteiger partial charge in [-0.1, -0.05) is 0 Å². The molecule has 1 aliphatic heterocycles. The normalized spacial score (nSPS) is 14.6. The molecule has 31 heavy (non-hydrogen) atoms. The van der Waals surface area contributed by atoms with E-state index in [1.54, 1.807) is 37.3 Å². The first kappa shape index (κ1) is 22.9. The Kier molecular flexibility index (Phi) is 7.42. The molecule has 3 rings (SSSR count). The number of hydrogen-bond acceptors (Lipinski definition) is 7. The van der Waals surface area contributed by atoms with Gasteiger partial charge in [-0.3, -0.25) is 0 Å². The molecular weight excluding hydrogens is 411 g/mol. The molecule has 1 aromatic carbocycles. The predicted octanol–water partition coefficient (Wildman–Crippen LogP) is 3.80. The number of aromatic nitrogens is 2. The first-order valence-electron chi connectivity index (χ1n) is 10.2. The van der Waals surface area contributed by atoms with Crippen LogP contribution in [0.15, 0.2) is 24.3 Å². The van der Waals surface area contributed by atoms with Crippen LogP contribution < -0.4 is 20.1 Å². The highest BCUT2D eigenvalue weighted by Crippen LogP contribution is 2.34. The highest BCUT2D eigenvalue weighted by Gasteiger charge is 2.29. The van der Waals surface area contributed by atoms with Crippen molar-refractivity contribution in [2.45, 2.75) is 31.9 Å². The Balaban J connectivity index is 1.72. The van der Waals surface area contributed by atoms with Gasteiger partial charge >= 0.3 is 6.18 Å². The van der Waals surface area contributed by atoms with Gasteiger partial charge in [0.1, 0.15) is 5.82 Å². The fraction of sp³-hybridized carbons (Fsp3) is 0.524. The molecule has 1 aliphatic rings. The number of ether oxygens (including phenoxy) is 2. The molecule has 0 amide bonds. The van der Waals surface area contributed by atoms with Crippen LogP contribution in [0.5, 0.6) is 11.5 Å². The molecule has 170 valence electrons. The summed E-state index contributed by atoms with van der Waals surface area (Å²) >= 11 is 0. The topological polar surface area (TPSA) is 76.7 Å². The van der Waals surface area contributed by atoms with Crippen molar-refractivity contribution in [3.8, 4) is 11.5 Å². The van der Waals surface area contributed by atoms with Crippen LogP contribution in [0.25, 0.3) is 0 Å².